The minimum absolute atomic E-state index is 0.122. The van der Waals surface area contributed by atoms with Gasteiger partial charge in [0.2, 0.25) is 5.91 Å². The van der Waals surface area contributed by atoms with Crippen molar-refractivity contribution in [3.05, 3.63) is 35.6 Å². The molecule has 0 atom stereocenters. The second-order valence-corrected chi connectivity index (χ2v) is 4.24. The Balaban J connectivity index is 2.53. The van der Waals surface area contributed by atoms with E-state index in [0.29, 0.717) is 19.5 Å². The topological polar surface area (TPSA) is 32.3 Å². The fourth-order valence-electron chi connectivity index (χ4n) is 1.81. The van der Waals surface area contributed by atoms with E-state index in [1.165, 1.54) is 12.1 Å². The van der Waals surface area contributed by atoms with Crippen LogP contribution in [0.5, 0.6) is 0 Å². The van der Waals surface area contributed by atoms with E-state index in [4.69, 9.17) is 0 Å². The molecule has 0 fully saturated rings. The van der Waals surface area contributed by atoms with Gasteiger partial charge < -0.3 is 10.2 Å². The summed E-state index contributed by atoms with van der Waals surface area (Å²) >= 11 is 0. The molecule has 0 aliphatic heterocycles. The van der Waals surface area contributed by atoms with Gasteiger partial charge in [-0.05, 0) is 44.6 Å². The van der Waals surface area contributed by atoms with Crippen LogP contribution in [-0.4, -0.2) is 30.9 Å². The van der Waals surface area contributed by atoms with Gasteiger partial charge >= 0.3 is 0 Å². The number of carbonyl (C=O) groups is 1. The molecule has 0 unspecified atom stereocenters. The van der Waals surface area contributed by atoms with Crippen molar-refractivity contribution in [2.75, 3.05) is 20.1 Å². The Kier molecular flexibility index (Phi) is 6.36. The lowest BCUT2D eigenvalue weighted by atomic mass is 10.2. The standard InChI is InChI=1S/C14H21FN2O/c1-3-17(14(18)8-5-9-16-2)11-12-6-4-7-13(15)10-12/h4,6-7,10,16H,3,5,8-9,11H2,1-2H3. The molecule has 0 bridgehead atoms. The van der Waals surface area contributed by atoms with Crippen LogP contribution in [-0.2, 0) is 11.3 Å². The predicted molar refractivity (Wildman–Crippen MR) is 70.7 cm³/mol. The van der Waals surface area contributed by atoms with Gasteiger partial charge in [-0.25, -0.2) is 4.39 Å². The number of nitrogens with zero attached hydrogens (tertiary/aromatic N) is 1. The van der Waals surface area contributed by atoms with Gasteiger partial charge in [-0.2, -0.15) is 0 Å². The minimum atomic E-state index is -0.258. The zero-order valence-corrected chi connectivity index (χ0v) is 11.1. The lowest BCUT2D eigenvalue weighted by Crippen LogP contribution is -2.30. The van der Waals surface area contributed by atoms with Crippen molar-refractivity contribution < 1.29 is 9.18 Å². The smallest absolute Gasteiger partial charge is 0.222 e. The highest BCUT2D eigenvalue weighted by molar-refractivity contribution is 5.76. The Hall–Kier alpha value is -1.42. The maximum Gasteiger partial charge on any atom is 0.222 e. The fourth-order valence-corrected chi connectivity index (χ4v) is 1.81. The van der Waals surface area contributed by atoms with Crippen molar-refractivity contribution in [2.24, 2.45) is 0 Å². The molecule has 0 aromatic heterocycles. The third-order valence-corrected chi connectivity index (χ3v) is 2.81. The normalized spacial score (nSPS) is 10.4. The Bertz CT molecular complexity index is 382. The number of rotatable bonds is 7. The van der Waals surface area contributed by atoms with E-state index in [1.54, 1.807) is 11.0 Å². The van der Waals surface area contributed by atoms with Crippen LogP contribution in [0.15, 0.2) is 24.3 Å². The number of carbonyl (C=O) groups excluding carboxylic acids is 1. The molecule has 0 saturated carbocycles. The van der Waals surface area contributed by atoms with E-state index in [-0.39, 0.29) is 11.7 Å². The van der Waals surface area contributed by atoms with Crippen molar-refractivity contribution in [3.8, 4) is 0 Å². The summed E-state index contributed by atoms with van der Waals surface area (Å²) in [5.74, 6) is -0.136. The van der Waals surface area contributed by atoms with Crippen molar-refractivity contribution in [2.45, 2.75) is 26.3 Å². The second kappa shape index (κ2) is 7.82. The summed E-state index contributed by atoms with van der Waals surface area (Å²) < 4.78 is 13.1. The third-order valence-electron chi connectivity index (χ3n) is 2.81. The summed E-state index contributed by atoms with van der Waals surface area (Å²) in [5, 5.41) is 3.02. The average Bonchev–Trinajstić information content (AvgIpc) is 2.36. The van der Waals surface area contributed by atoms with E-state index < -0.39 is 0 Å². The number of amides is 1. The molecule has 100 valence electrons. The molecule has 1 aromatic carbocycles. The van der Waals surface area contributed by atoms with Crippen LogP contribution in [0.1, 0.15) is 25.3 Å². The largest absolute Gasteiger partial charge is 0.339 e. The van der Waals surface area contributed by atoms with Crippen molar-refractivity contribution in [1.29, 1.82) is 0 Å². The van der Waals surface area contributed by atoms with Gasteiger partial charge in [0, 0.05) is 19.5 Å². The molecule has 0 aliphatic rings. The number of hydrogen-bond acceptors (Lipinski definition) is 2. The van der Waals surface area contributed by atoms with Gasteiger partial charge in [0.05, 0.1) is 0 Å². The summed E-state index contributed by atoms with van der Waals surface area (Å²) in [5.41, 5.74) is 0.832. The summed E-state index contributed by atoms with van der Waals surface area (Å²) in [6.45, 7) is 3.90. The molecule has 18 heavy (non-hydrogen) atoms. The summed E-state index contributed by atoms with van der Waals surface area (Å²) in [6.07, 6.45) is 1.36. The predicted octanol–water partition coefficient (Wildman–Crippen LogP) is 2.17. The summed E-state index contributed by atoms with van der Waals surface area (Å²) in [6, 6.07) is 6.40. The first-order chi connectivity index (χ1) is 8.67. The second-order valence-electron chi connectivity index (χ2n) is 4.24. The quantitative estimate of drug-likeness (QED) is 0.754. The van der Waals surface area contributed by atoms with Crippen LogP contribution < -0.4 is 5.32 Å². The number of halogens is 1. The zero-order chi connectivity index (χ0) is 13.4. The fraction of sp³-hybridized carbons (Fsp3) is 0.500. The van der Waals surface area contributed by atoms with E-state index in [9.17, 15) is 9.18 Å². The highest BCUT2D eigenvalue weighted by Crippen LogP contribution is 2.09. The van der Waals surface area contributed by atoms with Crippen LogP contribution in [0.2, 0.25) is 0 Å². The average molecular weight is 252 g/mol. The molecular weight excluding hydrogens is 231 g/mol. The van der Waals surface area contributed by atoms with Gasteiger partial charge in [0.25, 0.3) is 0 Å². The van der Waals surface area contributed by atoms with Crippen LogP contribution in [0.3, 0.4) is 0 Å². The van der Waals surface area contributed by atoms with E-state index in [2.05, 4.69) is 5.32 Å². The molecular formula is C14H21FN2O. The van der Waals surface area contributed by atoms with Crippen LogP contribution in [0.25, 0.3) is 0 Å². The lowest BCUT2D eigenvalue weighted by molar-refractivity contribution is -0.131. The van der Waals surface area contributed by atoms with Crippen LogP contribution in [0.4, 0.5) is 4.39 Å². The zero-order valence-electron chi connectivity index (χ0n) is 11.1. The molecule has 1 N–H and O–H groups in total. The molecule has 4 heteroatoms. The van der Waals surface area contributed by atoms with E-state index in [0.717, 1.165) is 18.5 Å². The summed E-state index contributed by atoms with van der Waals surface area (Å²) in [4.78, 5) is 13.7. The first-order valence-electron chi connectivity index (χ1n) is 6.34. The Morgan fingerprint density at radius 1 is 1.44 bits per heavy atom. The van der Waals surface area contributed by atoms with Gasteiger partial charge in [0.15, 0.2) is 0 Å². The Morgan fingerprint density at radius 2 is 2.22 bits per heavy atom. The first kappa shape index (κ1) is 14.6. The summed E-state index contributed by atoms with van der Waals surface area (Å²) in [7, 11) is 1.87. The number of hydrogen-bond donors (Lipinski definition) is 1. The maximum absolute atomic E-state index is 13.1. The first-order valence-corrected chi connectivity index (χ1v) is 6.34. The highest BCUT2D eigenvalue weighted by Gasteiger charge is 2.11. The minimum Gasteiger partial charge on any atom is -0.339 e. The van der Waals surface area contributed by atoms with Crippen molar-refractivity contribution in [1.82, 2.24) is 10.2 Å². The molecule has 0 spiro atoms. The lowest BCUT2D eigenvalue weighted by Gasteiger charge is -2.21. The molecule has 1 amide bonds. The molecule has 1 aromatic rings. The molecule has 0 heterocycles. The molecule has 3 nitrogen and oxygen atoms in total. The third kappa shape index (κ3) is 4.84. The molecule has 0 aliphatic carbocycles. The molecule has 1 rings (SSSR count). The van der Waals surface area contributed by atoms with Crippen molar-refractivity contribution in [3.63, 3.8) is 0 Å². The highest BCUT2D eigenvalue weighted by atomic mass is 19.1. The van der Waals surface area contributed by atoms with Gasteiger partial charge in [0.1, 0.15) is 5.82 Å². The molecule has 0 radical (unpaired) electrons. The monoisotopic (exact) mass is 252 g/mol. The van der Waals surface area contributed by atoms with Crippen LogP contribution >= 0.6 is 0 Å². The maximum atomic E-state index is 13.1. The Morgan fingerprint density at radius 3 is 2.83 bits per heavy atom. The van der Waals surface area contributed by atoms with Gasteiger partial charge in [-0.3, -0.25) is 4.79 Å². The SMILES string of the molecule is CCN(Cc1cccc(F)c1)C(=O)CCCNC. The van der Waals surface area contributed by atoms with Gasteiger partial charge in [-0.1, -0.05) is 12.1 Å². The Labute approximate surface area is 108 Å². The number of benzene rings is 1. The van der Waals surface area contributed by atoms with Crippen LogP contribution in [0, 0.1) is 5.82 Å². The molecule has 0 saturated heterocycles. The van der Waals surface area contributed by atoms with E-state index in [1.807, 2.05) is 20.0 Å². The van der Waals surface area contributed by atoms with E-state index >= 15 is 0 Å². The van der Waals surface area contributed by atoms with Gasteiger partial charge in [-0.15, -0.1) is 0 Å². The van der Waals surface area contributed by atoms with Crippen molar-refractivity contribution >= 4 is 5.91 Å². The number of nitrogens with one attached hydrogen (secondary N) is 1.